The van der Waals surface area contributed by atoms with Crippen LogP contribution < -0.4 is 10.6 Å². The second-order valence-electron chi connectivity index (χ2n) is 5.28. The summed E-state index contributed by atoms with van der Waals surface area (Å²) in [5.41, 5.74) is 1.40. The molecule has 2 aromatic carbocycles. The lowest BCUT2D eigenvalue weighted by molar-refractivity contribution is 0.199. The van der Waals surface area contributed by atoms with Crippen molar-refractivity contribution in [2.24, 2.45) is 0 Å². The van der Waals surface area contributed by atoms with Crippen LogP contribution in [-0.2, 0) is 11.2 Å². The first-order valence-corrected chi connectivity index (χ1v) is 7.78. The van der Waals surface area contributed by atoms with Crippen molar-refractivity contribution >= 4 is 10.8 Å². The van der Waals surface area contributed by atoms with Crippen LogP contribution in [0.2, 0.25) is 0 Å². The van der Waals surface area contributed by atoms with Crippen molar-refractivity contribution in [2.75, 3.05) is 39.9 Å². The molecule has 2 N–H and O–H groups in total. The average Bonchev–Trinajstić information content (AvgIpc) is 2.53. The molecule has 2 aromatic rings. The minimum absolute atomic E-state index is 0.787. The molecular weight excluding hydrogens is 260 g/mol. The van der Waals surface area contributed by atoms with Gasteiger partial charge in [-0.15, -0.1) is 0 Å². The summed E-state index contributed by atoms with van der Waals surface area (Å²) in [4.78, 5) is 0. The molecule has 0 spiro atoms. The quantitative estimate of drug-likeness (QED) is 0.659. The molecule has 0 radical (unpaired) electrons. The first-order chi connectivity index (χ1) is 10.4. The highest BCUT2D eigenvalue weighted by Gasteiger charge is 1.96. The minimum Gasteiger partial charge on any atom is -0.383 e. The predicted molar refractivity (Wildman–Crippen MR) is 89.9 cm³/mol. The van der Waals surface area contributed by atoms with E-state index >= 15 is 0 Å². The maximum atomic E-state index is 4.99. The zero-order valence-electron chi connectivity index (χ0n) is 12.9. The highest BCUT2D eigenvalue weighted by molar-refractivity contribution is 5.82. The van der Waals surface area contributed by atoms with Crippen molar-refractivity contribution in [3.05, 3.63) is 48.0 Å². The molecule has 0 amide bonds. The Labute approximate surface area is 127 Å². The van der Waals surface area contributed by atoms with Crippen LogP contribution in [0, 0.1) is 0 Å². The van der Waals surface area contributed by atoms with Crippen LogP contribution in [0.1, 0.15) is 12.0 Å². The second kappa shape index (κ2) is 9.50. The van der Waals surface area contributed by atoms with Gasteiger partial charge in [-0.25, -0.2) is 0 Å². The first kappa shape index (κ1) is 16.0. The van der Waals surface area contributed by atoms with Crippen LogP contribution in [0.3, 0.4) is 0 Å². The third kappa shape index (κ3) is 5.84. The molecule has 0 bridgehead atoms. The van der Waals surface area contributed by atoms with E-state index in [2.05, 4.69) is 53.1 Å². The summed E-state index contributed by atoms with van der Waals surface area (Å²) in [6.45, 7) is 4.87. The molecule has 0 atom stereocenters. The topological polar surface area (TPSA) is 33.3 Å². The highest BCUT2D eigenvalue weighted by atomic mass is 16.5. The van der Waals surface area contributed by atoms with Crippen molar-refractivity contribution in [2.45, 2.75) is 12.8 Å². The summed E-state index contributed by atoms with van der Waals surface area (Å²) < 4.78 is 4.99. The molecule has 3 heteroatoms. The summed E-state index contributed by atoms with van der Waals surface area (Å²) in [6, 6.07) is 15.3. The van der Waals surface area contributed by atoms with Gasteiger partial charge in [0.05, 0.1) is 6.61 Å². The Hall–Kier alpha value is -1.42. The van der Waals surface area contributed by atoms with Crippen molar-refractivity contribution in [1.82, 2.24) is 10.6 Å². The van der Waals surface area contributed by atoms with Crippen molar-refractivity contribution in [1.29, 1.82) is 0 Å². The van der Waals surface area contributed by atoms with E-state index in [4.69, 9.17) is 4.74 Å². The van der Waals surface area contributed by atoms with E-state index in [1.807, 2.05) is 0 Å². The molecule has 3 nitrogen and oxygen atoms in total. The van der Waals surface area contributed by atoms with Gasteiger partial charge in [0.25, 0.3) is 0 Å². The Bertz CT molecular complexity index is 527. The van der Waals surface area contributed by atoms with Crippen LogP contribution in [0.15, 0.2) is 42.5 Å². The molecule has 0 heterocycles. The fourth-order valence-corrected chi connectivity index (χ4v) is 2.39. The maximum absolute atomic E-state index is 4.99. The molecule has 21 heavy (non-hydrogen) atoms. The van der Waals surface area contributed by atoms with Crippen LogP contribution in [0.5, 0.6) is 0 Å². The summed E-state index contributed by atoms with van der Waals surface area (Å²) >= 11 is 0. The number of ether oxygens (including phenoxy) is 1. The second-order valence-corrected chi connectivity index (χ2v) is 5.28. The standard InChI is InChI=1S/C18H26N2O/c1-21-14-13-20-11-4-10-19-12-9-16-7-8-17-5-2-3-6-18(17)15-16/h2-3,5-8,15,19-20H,4,9-14H2,1H3. The van der Waals surface area contributed by atoms with Crippen molar-refractivity contribution in [3.63, 3.8) is 0 Å². The number of hydrogen-bond acceptors (Lipinski definition) is 3. The van der Waals surface area contributed by atoms with E-state index in [1.54, 1.807) is 7.11 Å². The Morgan fingerprint density at radius 3 is 2.43 bits per heavy atom. The summed E-state index contributed by atoms with van der Waals surface area (Å²) in [5, 5.41) is 9.50. The van der Waals surface area contributed by atoms with Gasteiger partial charge < -0.3 is 15.4 Å². The van der Waals surface area contributed by atoms with Gasteiger partial charge in [0.1, 0.15) is 0 Å². The van der Waals surface area contributed by atoms with E-state index in [1.165, 1.54) is 16.3 Å². The fraction of sp³-hybridized carbons (Fsp3) is 0.444. The van der Waals surface area contributed by atoms with Crippen molar-refractivity contribution in [3.8, 4) is 0 Å². The molecule has 0 aliphatic heterocycles. The van der Waals surface area contributed by atoms with Gasteiger partial charge in [-0.2, -0.15) is 0 Å². The van der Waals surface area contributed by atoms with Crippen LogP contribution in [0.25, 0.3) is 10.8 Å². The average molecular weight is 286 g/mol. The van der Waals surface area contributed by atoms with E-state index < -0.39 is 0 Å². The van der Waals surface area contributed by atoms with Crippen molar-refractivity contribution < 1.29 is 4.74 Å². The van der Waals surface area contributed by atoms with E-state index in [0.717, 1.165) is 45.6 Å². The van der Waals surface area contributed by atoms with Gasteiger partial charge in [-0.05, 0) is 48.8 Å². The van der Waals surface area contributed by atoms with Crippen LogP contribution in [0.4, 0.5) is 0 Å². The third-order valence-electron chi connectivity index (χ3n) is 3.59. The SMILES string of the molecule is COCCNCCCNCCc1ccc2ccccc2c1. The zero-order chi connectivity index (χ0) is 14.8. The van der Waals surface area contributed by atoms with Gasteiger partial charge in [-0.3, -0.25) is 0 Å². The summed E-state index contributed by atoms with van der Waals surface area (Å²) in [7, 11) is 1.73. The Morgan fingerprint density at radius 1 is 0.857 bits per heavy atom. The lowest BCUT2D eigenvalue weighted by Gasteiger charge is -2.07. The third-order valence-corrected chi connectivity index (χ3v) is 3.59. The Kier molecular flexibility index (Phi) is 7.22. The zero-order valence-corrected chi connectivity index (χ0v) is 12.9. The van der Waals surface area contributed by atoms with E-state index in [9.17, 15) is 0 Å². The number of methoxy groups -OCH3 is 1. The molecular formula is C18H26N2O. The largest absolute Gasteiger partial charge is 0.383 e. The Balaban J connectivity index is 1.59. The molecule has 0 saturated carbocycles. The molecule has 0 aliphatic rings. The lowest BCUT2D eigenvalue weighted by Crippen LogP contribution is -2.25. The molecule has 0 saturated heterocycles. The van der Waals surface area contributed by atoms with E-state index in [0.29, 0.717) is 0 Å². The lowest BCUT2D eigenvalue weighted by atomic mass is 10.1. The smallest absolute Gasteiger partial charge is 0.0587 e. The molecule has 2 rings (SSSR count). The van der Waals surface area contributed by atoms with Gasteiger partial charge in [0, 0.05) is 13.7 Å². The number of rotatable bonds is 10. The van der Waals surface area contributed by atoms with Crippen LogP contribution >= 0.6 is 0 Å². The van der Waals surface area contributed by atoms with Gasteiger partial charge >= 0.3 is 0 Å². The number of hydrogen-bond donors (Lipinski definition) is 2. The number of benzene rings is 2. The molecule has 0 aliphatic carbocycles. The number of nitrogens with one attached hydrogen (secondary N) is 2. The van der Waals surface area contributed by atoms with Gasteiger partial charge in [-0.1, -0.05) is 42.5 Å². The number of fused-ring (bicyclic) bond motifs is 1. The monoisotopic (exact) mass is 286 g/mol. The Morgan fingerprint density at radius 2 is 1.62 bits per heavy atom. The first-order valence-electron chi connectivity index (χ1n) is 7.78. The summed E-state index contributed by atoms with van der Waals surface area (Å²) in [5.74, 6) is 0. The predicted octanol–water partition coefficient (Wildman–Crippen LogP) is 2.60. The fourth-order valence-electron chi connectivity index (χ4n) is 2.39. The molecule has 0 unspecified atom stereocenters. The molecule has 0 fully saturated rings. The van der Waals surface area contributed by atoms with Gasteiger partial charge in [0.2, 0.25) is 0 Å². The van der Waals surface area contributed by atoms with Crippen LogP contribution in [-0.4, -0.2) is 39.9 Å². The minimum atomic E-state index is 0.787. The molecule has 0 aromatic heterocycles. The molecule has 114 valence electrons. The highest BCUT2D eigenvalue weighted by Crippen LogP contribution is 2.15. The maximum Gasteiger partial charge on any atom is 0.0587 e. The van der Waals surface area contributed by atoms with E-state index in [-0.39, 0.29) is 0 Å². The normalized spacial score (nSPS) is 11.1. The summed E-state index contributed by atoms with van der Waals surface area (Å²) in [6.07, 6.45) is 2.24. The van der Waals surface area contributed by atoms with Gasteiger partial charge in [0.15, 0.2) is 0 Å².